The largest absolute Gasteiger partial charge is 0.456 e. The molecule has 0 bridgehead atoms. The second-order valence-electron chi connectivity index (χ2n) is 10.4. The fourth-order valence-corrected chi connectivity index (χ4v) is 5.50. The van der Waals surface area contributed by atoms with Crippen molar-refractivity contribution in [3.63, 3.8) is 0 Å². The zero-order valence-electron chi connectivity index (χ0n) is 22.2. The molecule has 198 valence electrons. The SMILES string of the molecule is Cc1cccc(C)c1Oc1ccc(C(C)(C)O)cc1-c1cn(C)c(=O)cc1NC1CCN(S(C)(=O)=O)C1. The van der Waals surface area contributed by atoms with E-state index in [2.05, 4.69) is 5.32 Å². The lowest BCUT2D eigenvalue weighted by Crippen LogP contribution is -2.31. The van der Waals surface area contributed by atoms with Crippen LogP contribution in [0.25, 0.3) is 11.1 Å². The molecule has 1 atom stereocenters. The van der Waals surface area contributed by atoms with Crippen LogP contribution >= 0.6 is 0 Å². The normalized spacial score (nSPS) is 16.7. The molecule has 2 N–H and O–H groups in total. The molecule has 4 rings (SSSR count). The van der Waals surface area contributed by atoms with E-state index < -0.39 is 15.6 Å². The predicted molar refractivity (Wildman–Crippen MR) is 147 cm³/mol. The second-order valence-corrected chi connectivity index (χ2v) is 12.4. The van der Waals surface area contributed by atoms with Crippen LogP contribution in [0.15, 0.2) is 53.5 Å². The molecule has 1 fully saturated rings. The van der Waals surface area contributed by atoms with Gasteiger partial charge in [0.25, 0.3) is 5.56 Å². The Bertz CT molecular complexity index is 1470. The predicted octanol–water partition coefficient (Wildman–Crippen LogP) is 4.13. The molecule has 2 aromatic carbocycles. The van der Waals surface area contributed by atoms with Gasteiger partial charge in [-0.15, -0.1) is 0 Å². The Morgan fingerprint density at radius 1 is 1.08 bits per heavy atom. The molecule has 8 nitrogen and oxygen atoms in total. The maximum absolute atomic E-state index is 12.7. The molecule has 1 saturated heterocycles. The summed E-state index contributed by atoms with van der Waals surface area (Å²) in [6.07, 6.45) is 3.57. The van der Waals surface area contributed by atoms with Gasteiger partial charge in [0.15, 0.2) is 0 Å². The van der Waals surface area contributed by atoms with Crippen LogP contribution in [0.1, 0.15) is 37.0 Å². The van der Waals surface area contributed by atoms with Gasteiger partial charge in [-0.3, -0.25) is 4.79 Å². The summed E-state index contributed by atoms with van der Waals surface area (Å²) in [6.45, 7) is 8.15. The van der Waals surface area contributed by atoms with Gasteiger partial charge in [-0.1, -0.05) is 24.3 Å². The average molecular weight is 526 g/mol. The first-order valence-electron chi connectivity index (χ1n) is 12.3. The highest BCUT2D eigenvalue weighted by Crippen LogP contribution is 2.41. The Kier molecular flexibility index (Phi) is 7.25. The number of aliphatic hydroxyl groups is 1. The van der Waals surface area contributed by atoms with Gasteiger partial charge < -0.3 is 19.7 Å². The number of para-hydroxylation sites is 1. The number of anilines is 1. The summed E-state index contributed by atoms with van der Waals surface area (Å²) < 4.78 is 33.5. The first-order chi connectivity index (χ1) is 17.2. The zero-order chi connectivity index (χ0) is 27.1. The summed E-state index contributed by atoms with van der Waals surface area (Å²) >= 11 is 0. The van der Waals surface area contributed by atoms with Crippen LogP contribution in [-0.4, -0.2) is 47.8 Å². The van der Waals surface area contributed by atoms with E-state index in [0.29, 0.717) is 47.6 Å². The molecule has 1 aromatic heterocycles. The van der Waals surface area contributed by atoms with Gasteiger partial charge in [-0.05, 0) is 62.9 Å². The minimum atomic E-state index is -3.30. The molecule has 2 heterocycles. The minimum absolute atomic E-state index is 0.152. The van der Waals surface area contributed by atoms with Crippen molar-refractivity contribution in [1.82, 2.24) is 8.87 Å². The molecule has 0 aliphatic carbocycles. The quantitative estimate of drug-likeness (QED) is 0.481. The van der Waals surface area contributed by atoms with Crippen molar-refractivity contribution in [2.75, 3.05) is 24.7 Å². The molecule has 0 spiro atoms. The van der Waals surface area contributed by atoms with Gasteiger partial charge in [0, 0.05) is 55.3 Å². The van der Waals surface area contributed by atoms with Gasteiger partial charge in [0.1, 0.15) is 11.5 Å². The number of aromatic nitrogens is 1. The minimum Gasteiger partial charge on any atom is -0.456 e. The Morgan fingerprint density at radius 2 is 1.76 bits per heavy atom. The lowest BCUT2D eigenvalue weighted by molar-refractivity contribution is 0.0786. The van der Waals surface area contributed by atoms with Gasteiger partial charge in [-0.25, -0.2) is 12.7 Å². The van der Waals surface area contributed by atoms with Crippen LogP contribution in [0.2, 0.25) is 0 Å². The van der Waals surface area contributed by atoms with Crippen molar-refractivity contribution in [3.05, 3.63) is 75.7 Å². The third-order valence-corrected chi connectivity index (χ3v) is 8.07. The summed E-state index contributed by atoms with van der Waals surface area (Å²) in [7, 11) is -1.61. The molecular formula is C28H35N3O5S. The molecular weight excluding hydrogens is 490 g/mol. The van der Waals surface area contributed by atoms with Crippen molar-refractivity contribution < 1.29 is 18.3 Å². The van der Waals surface area contributed by atoms with E-state index in [9.17, 15) is 18.3 Å². The lowest BCUT2D eigenvalue weighted by Gasteiger charge is -2.23. The number of nitrogens with one attached hydrogen (secondary N) is 1. The highest BCUT2D eigenvalue weighted by atomic mass is 32.2. The highest BCUT2D eigenvalue weighted by Gasteiger charge is 2.29. The molecule has 0 saturated carbocycles. The molecule has 0 amide bonds. The number of hydrogen-bond donors (Lipinski definition) is 2. The summed E-state index contributed by atoms with van der Waals surface area (Å²) in [5, 5.41) is 14.2. The standard InChI is InChI=1S/C28H35N3O5S/c1-18-8-7-9-19(2)27(18)36-25-11-10-20(28(3,4)33)14-22(25)23-17-30(5)26(32)15-24(23)29-21-12-13-31(16-21)37(6,34)35/h7-11,14-15,17,21,29,33H,12-13,16H2,1-6H3. The first kappa shape index (κ1) is 26.9. The van der Waals surface area contributed by atoms with Crippen molar-refractivity contribution in [3.8, 4) is 22.6 Å². The van der Waals surface area contributed by atoms with Gasteiger partial charge >= 0.3 is 0 Å². The number of pyridine rings is 1. The maximum atomic E-state index is 12.7. The number of hydrogen-bond acceptors (Lipinski definition) is 6. The fraction of sp³-hybridized carbons (Fsp3) is 0.393. The fourth-order valence-electron chi connectivity index (χ4n) is 4.61. The van der Waals surface area contributed by atoms with Crippen LogP contribution in [0, 0.1) is 13.8 Å². The van der Waals surface area contributed by atoms with Crippen LogP contribution < -0.4 is 15.6 Å². The van der Waals surface area contributed by atoms with E-state index in [-0.39, 0.29) is 11.6 Å². The number of benzene rings is 2. The van der Waals surface area contributed by atoms with Crippen molar-refractivity contribution in [2.24, 2.45) is 7.05 Å². The molecule has 1 aliphatic heterocycles. The van der Waals surface area contributed by atoms with Gasteiger partial charge in [0.2, 0.25) is 10.0 Å². The number of aryl methyl sites for hydroxylation is 3. The number of nitrogens with zero attached hydrogens (tertiary/aromatic N) is 2. The average Bonchev–Trinajstić information content (AvgIpc) is 3.27. The molecule has 1 aliphatic rings. The molecule has 37 heavy (non-hydrogen) atoms. The second kappa shape index (κ2) is 9.96. The Labute approximate surface area is 218 Å². The summed E-state index contributed by atoms with van der Waals surface area (Å²) in [6, 6.07) is 12.9. The first-order valence-corrected chi connectivity index (χ1v) is 14.1. The van der Waals surface area contributed by atoms with E-state index in [1.54, 1.807) is 27.1 Å². The van der Waals surface area contributed by atoms with E-state index >= 15 is 0 Å². The summed E-state index contributed by atoms with van der Waals surface area (Å²) in [4.78, 5) is 12.7. The van der Waals surface area contributed by atoms with E-state index in [0.717, 1.165) is 16.9 Å². The zero-order valence-corrected chi connectivity index (χ0v) is 23.0. The van der Waals surface area contributed by atoms with Gasteiger partial charge in [-0.2, -0.15) is 0 Å². The number of sulfonamides is 1. The summed E-state index contributed by atoms with van der Waals surface area (Å²) in [5.74, 6) is 1.33. The van der Waals surface area contributed by atoms with Crippen LogP contribution in [0.3, 0.4) is 0 Å². The number of rotatable bonds is 7. The van der Waals surface area contributed by atoms with Crippen LogP contribution in [0.5, 0.6) is 11.5 Å². The Morgan fingerprint density at radius 3 is 2.35 bits per heavy atom. The van der Waals surface area contributed by atoms with Crippen molar-refractivity contribution in [2.45, 2.75) is 45.8 Å². The maximum Gasteiger partial charge on any atom is 0.252 e. The molecule has 1 unspecified atom stereocenters. The molecule has 0 radical (unpaired) electrons. The topological polar surface area (TPSA) is 101 Å². The lowest BCUT2D eigenvalue weighted by atomic mass is 9.93. The van der Waals surface area contributed by atoms with E-state index in [1.807, 2.05) is 50.2 Å². The van der Waals surface area contributed by atoms with E-state index in [4.69, 9.17) is 4.74 Å². The highest BCUT2D eigenvalue weighted by molar-refractivity contribution is 7.88. The summed E-state index contributed by atoms with van der Waals surface area (Å²) in [5.41, 5.74) is 3.39. The molecule has 3 aromatic rings. The molecule has 9 heteroatoms. The Hall–Kier alpha value is -3.14. The van der Waals surface area contributed by atoms with Crippen molar-refractivity contribution in [1.29, 1.82) is 0 Å². The van der Waals surface area contributed by atoms with Gasteiger partial charge in [0.05, 0.1) is 11.9 Å². The third kappa shape index (κ3) is 5.89. The smallest absolute Gasteiger partial charge is 0.252 e. The van der Waals surface area contributed by atoms with Crippen molar-refractivity contribution >= 4 is 15.7 Å². The van der Waals surface area contributed by atoms with Crippen LogP contribution in [-0.2, 0) is 22.7 Å². The monoisotopic (exact) mass is 525 g/mol. The van der Waals surface area contributed by atoms with E-state index in [1.165, 1.54) is 21.2 Å². The Balaban J connectivity index is 1.84. The van der Waals surface area contributed by atoms with Crippen LogP contribution in [0.4, 0.5) is 5.69 Å². The third-order valence-electron chi connectivity index (χ3n) is 6.80. The number of ether oxygens (including phenoxy) is 1.